The minimum atomic E-state index is -0.245. The summed E-state index contributed by atoms with van der Waals surface area (Å²) in [5, 5.41) is 6.41. The second kappa shape index (κ2) is 4.22. The molecule has 2 aromatic heterocycles. The van der Waals surface area contributed by atoms with Crippen LogP contribution in [0.4, 0.5) is 0 Å². The lowest BCUT2D eigenvalue weighted by Gasteiger charge is -1.96. The number of rotatable bonds is 3. The van der Waals surface area contributed by atoms with Crippen LogP contribution in [0.3, 0.4) is 0 Å². The lowest BCUT2D eigenvalue weighted by atomic mass is 10.2. The van der Waals surface area contributed by atoms with Crippen LogP contribution in [0.15, 0.2) is 27.6 Å². The van der Waals surface area contributed by atoms with Crippen molar-refractivity contribution >= 4 is 12.2 Å². The number of nitrogens with one attached hydrogen (secondary N) is 2. The third-order valence-corrected chi connectivity index (χ3v) is 2.16. The van der Waals surface area contributed by atoms with E-state index in [0.29, 0.717) is 18.5 Å². The van der Waals surface area contributed by atoms with Crippen molar-refractivity contribution in [3.63, 3.8) is 0 Å². The fourth-order valence-corrected chi connectivity index (χ4v) is 1.38. The summed E-state index contributed by atoms with van der Waals surface area (Å²) < 4.78 is 5.39. The van der Waals surface area contributed by atoms with Gasteiger partial charge in [-0.05, 0) is 24.4 Å². The highest BCUT2D eigenvalue weighted by molar-refractivity contribution is 7.71. The summed E-state index contributed by atoms with van der Waals surface area (Å²) in [6, 6.07) is 3.67. The van der Waals surface area contributed by atoms with Gasteiger partial charge in [-0.25, -0.2) is 0 Å². The van der Waals surface area contributed by atoms with Gasteiger partial charge in [-0.15, -0.1) is 0 Å². The molecule has 0 aromatic carbocycles. The topological polar surface area (TPSA) is 74.7 Å². The first-order valence-corrected chi connectivity index (χ1v) is 4.87. The summed E-state index contributed by atoms with van der Waals surface area (Å²) in [4.78, 5) is 13.8. The van der Waals surface area contributed by atoms with Crippen LogP contribution in [0.2, 0.25) is 0 Å². The van der Waals surface area contributed by atoms with E-state index in [4.69, 9.17) is 16.6 Å². The fourth-order valence-electron chi connectivity index (χ4n) is 1.24. The highest BCUT2D eigenvalue weighted by Gasteiger charge is 2.03. The van der Waals surface area contributed by atoms with E-state index in [-0.39, 0.29) is 10.3 Å². The highest BCUT2D eigenvalue weighted by atomic mass is 32.1. The summed E-state index contributed by atoms with van der Waals surface area (Å²) in [7, 11) is 0. The lowest BCUT2D eigenvalue weighted by molar-refractivity contribution is 0.506. The van der Waals surface area contributed by atoms with E-state index in [9.17, 15) is 4.79 Å². The maximum absolute atomic E-state index is 11.4. The average molecular weight is 223 g/mol. The molecule has 15 heavy (non-hydrogen) atoms. The maximum atomic E-state index is 11.4. The minimum absolute atomic E-state index is 0.238. The molecule has 0 aliphatic carbocycles. The zero-order valence-corrected chi connectivity index (χ0v) is 8.63. The van der Waals surface area contributed by atoms with Gasteiger partial charge in [-0.2, -0.15) is 5.10 Å². The summed E-state index contributed by atoms with van der Waals surface area (Å²) in [6.07, 6.45) is 2.77. The largest absolute Gasteiger partial charge is 0.469 e. The molecule has 0 aliphatic heterocycles. The fraction of sp³-hybridized carbons (Fsp3) is 0.222. The van der Waals surface area contributed by atoms with Crippen LogP contribution in [0.5, 0.6) is 0 Å². The lowest BCUT2D eigenvalue weighted by Crippen LogP contribution is -2.17. The molecule has 0 atom stereocenters. The molecule has 2 heterocycles. The Morgan fingerprint density at radius 2 is 2.33 bits per heavy atom. The van der Waals surface area contributed by atoms with Crippen LogP contribution >= 0.6 is 12.2 Å². The van der Waals surface area contributed by atoms with E-state index in [1.807, 2.05) is 12.1 Å². The van der Waals surface area contributed by atoms with Crippen molar-refractivity contribution in [1.82, 2.24) is 15.2 Å². The normalized spacial score (nSPS) is 10.4. The molecule has 2 N–H and O–H groups in total. The minimum Gasteiger partial charge on any atom is -0.469 e. The van der Waals surface area contributed by atoms with Crippen molar-refractivity contribution in [3.8, 4) is 0 Å². The third kappa shape index (κ3) is 2.41. The molecule has 6 heteroatoms. The first-order chi connectivity index (χ1) is 7.25. The first kappa shape index (κ1) is 9.85. The standard InChI is InChI=1S/C9H9N3O2S/c13-8-7(11-12-9(15)10-8)4-3-6-2-1-5-14-6/h1-2,5H,3-4H2,(H2,10,12,13,15). The van der Waals surface area contributed by atoms with Crippen LogP contribution in [0, 0.1) is 4.77 Å². The van der Waals surface area contributed by atoms with Crippen molar-refractivity contribution in [3.05, 3.63) is 45.0 Å². The summed E-state index contributed by atoms with van der Waals surface area (Å²) >= 11 is 4.73. The van der Waals surface area contributed by atoms with Gasteiger partial charge in [0.05, 0.1) is 6.26 Å². The van der Waals surface area contributed by atoms with Gasteiger partial charge in [0.2, 0.25) is 0 Å². The molecule has 0 saturated heterocycles. The number of nitrogens with zero attached hydrogens (tertiary/aromatic N) is 1. The second-order valence-electron chi connectivity index (χ2n) is 3.03. The van der Waals surface area contributed by atoms with Crippen LogP contribution in [0.1, 0.15) is 11.5 Å². The quantitative estimate of drug-likeness (QED) is 0.767. The van der Waals surface area contributed by atoms with Gasteiger partial charge in [0.1, 0.15) is 11.5 Å². The summed E-state index contributed by atoms with van der Waals surface area (Å²) in [5.41, 5.74) is 0.185. The average Bonchev–Trinajstić information content (AvgIpc) is 2.69. The molecule has 0 amide bonds. The SMILES string of the molecule is O=c1[nH]c(=S)[nH]nc1CCc1ccco1. The molecular formula is C9H9N3O2S. The molecule has 0 radical (unpaired) electrons. The Balaban J connectivity index is 2.12. The van der Waals surface area contributed by atoms with Gasteiger partial charge >= 0.3 is 0 Å². The molecule has 0 bridgehead atoms. The smallest absolute Gasteiger partial charge is 0.273 e. The van der Waals surface area contributed by atoms with Crippen LogP contribution in [-0.2, 0) is 12.8 Å². The monoisotopic (exact) mass is 223 g/mol. The zero-order valence-electron chi connectivity index (χ0n) is 7.82. The van der Waals surface area contributed by atoms with E-state index in [1.54, 1.807) is 6.26 Å². The van der Waals surface area contributed by atoms with Gasteiger partial charge < -0.3 is 4.42 Å². The van der Waals surface area contributed by atoms with E-state index in [2.05, 4.69) is 15.2 Å². The Kier molecular flexibility index (Phi) is 2.77. The molecule has 78 valence electrons. The highest BCUT2D eigenvalue weighted by Crippen LogP contribution is 2.02. The Bertz CT molecular complexity index is 541. The molecular weight excluding hydrogens is 214 g/mol. The number of aromatic amines is 2. The Morgan fingerprint density at radius 3 is 3.00 bits per heavy atom. The Labute approximate surface area is 90.2 Å². The van der Waals surface area contributed by atoms with Crippen molar-refractivity contribution < 1.29 is 4.42 Å². The zero-order chi connectivity index (χ0) is 10.7. The van der Waals surface area contributed by atoms with Gasteiger partial charge in [0.15, 0.2) is 4.77 Å². The Morgan fingerprint density at radius 1 is 1.47 bits per heavy atom. The van der Waals surface area contributed by atoms with Crippen LogP contribution < -0.4 is 5.56 Å². The van der Waals surface area contributed by atoms with E-state index >= 15 is 0 Å². The van der Waals surface area contributed by atoms with Gasteiger partial charge in [0.25, 0.3) is 5.56 Å². The van der Waals surface area contributed by atoms with Gasteiger partial charge in [-0.3, -0.25) is 14.9 Å². The summed E-state index contributed by atoms with van der Waals surface area (Å²) in [6.45, 7) is 0. The molecule has 2 aromatic rings. The second-order valence-corrected chi connectivity index (χ2v) is 3.44. The molecule has 0 spiro atoms. The molecule has 0 aliphatic rings. The Hall–Kier alpha value is -1.69. The number of hydrogen-bond donors (Lipinski definition) is 2. The molecule has 2 rings (SSSR count). The van der Waals surface area contributed by atoms with E-state index in [0.717, 1.165) is 5.76 Å². The number of furan rings is 1. The van der Waals surface area contributed by atoms with Crippen LogP contribution in [-0.4, -0.2) is 15.2 Å². The maximum Gasteiger partial charge on any atom is 0.273 e. The van der Waals surface area contributed by atoms with Crippen molar-refractivity contribution in [2.45, 2.75) is 12.8 Å². The number of aryl methyl sites for hydroxylation is 2. The van der Waals surface area contributed by atoms with Gasteiger partial charge in [0, 0.05) is 12.8 Å². The van der Waals surface area contributed by atoms with E-state index < -0.39 is 0 Å². The third-order valence-electron chi connectivity index (χ3n) is 1.97. The predicted octanol–water partition coefficient (Wildman–Crippen LogP) is 1.21. The number of H-pyrrole nitrogens is 2. The van der Waals surface area contributed by atoms with Crippen molar-refractivity contribution in [2.24, 2.45) is 0 Å². The first-order valence-electron chi connectivity index (χ1n) is 4.46. The van der Waals surface area contributed by atoms with Crippen LogP contribution in [0.25, 0.3) is 0 Å². The predicted molar refractivity (Wildman–Crippen MR) is 56.2 cm³/mol. The van der Waals surface area contributed by atoms with Crippen molar-refractivity contribution in [1.29, 1.82) is 0 Å². The number of aromatic nitrogens is 3. The van der Waals surface area contributed by atoms with Gasteiger partial charge in [-0.1, -0.05) is 0 Å². The molecule has 5 nitrogen and oxygen atoms in total. The number of hydrogen-bond acceptors (Lipinski definition) is 4. The summed E-state index contributed by atoms with van der Waals surface area (Å²) in [5.74, 6) is 0.832. The molecule has 0 unspecified atom stereocenters. The van der Waals surface area contributed by atoms with Crippen molar-refractivity contribution in [2.75, 3.05) is 0 Å². The molecule has 0 fully saturated rings. The van der Waals surface area contributed by atoms with E-state index in [1.165, 1.54) is 0 Å². The molecule has 0 saturated carbocycles.